The van der Waals surface area contributed by atoms with Crippen LogP contribution in [0.3, 0.4) is 0 Å². The largest absolute Gasteiger partial charge is 0.465 e. The molecule has 0 radical (unpaired) electrons. The van der Waals surface area contributed by atoms with E-state index in [0.717, 1.165) is 96.7 Å². The zero-order valence-electron chi connectivity index (χ0n) is 42.4. The Morgan fingerprint density at radius 3 is 1.11 bits per heavy atom. The zero-order chi connectivity index (χ0) is 45.7. The Labute approximate surface area is 385 Å². The normalized spacial score (nSPS) is 11.7. The standard InChI is InChI=1S/C53H105N3O6/c1-8-12-16-20-24-28-36-48(37-29-25-21-17-13-9-2)51(57)60-46-34-32-40-50(62-53(59)54-42-43-56(7)45-44-55(5)6)41-33-35-47-61-52(58)49(38-30-26-22-18-14-10-3)39-31-27-23-19-15-11-4/h48-50H,8-47H2,1-7H3,(H,54,59). The molecule has 9 heteroatoms. The number of carbonyl (C=O) groups excluding carboxylic acids is 3. The highest BCUT2D eigenvalue weighted by Crippen LogP contribution is 2.23. The van der Waals surface area contributed by atoms with Crippen molar-refractivity contribution in [2.75, 3.05) is 60.5 Å². The highest BCUT2D eigenvalue weighted by Gasteiger charge is 2.21. The summed E-state index contributed by atoms with van der Waals surface area (Å²) in [7, 11) is 6.19. The molecule has 0 aliphatic rings. The van der Waals surface area contributed by atoms with E-state index in [1.54, 1.807) is 0 Å². The molecule has 0 spiro atoms. The number of amides is 1. The second kappa shape index (κ2) is 45.7. The summed E-state index contributed by atoms with van der Waals surface area (Å²) in [6, 6.07) is 0. The quantitative estimate of drug-likeness (QED) is 0.0367. The minimum atomic E-state index is -0.381. The Hall–Kier alpha value is -1.87. The highest BCUT2D eigenvalue weighted by molar-refractivity contribution is 5.72. The van der Waals surface area contributed by atoms with E-state index in [4.69, 9.17) is 14.2 Å². The second-order valence-corrected chi connectivity index (χ2v) is 19.0. The summed E-state index contributed by atoms with van der Waals surface area (Å²) in [4.78, 5) is 43.9. The Bertz CT molecular complexity index is 906. The number of rotatable bonds is 47. The van der Waals surface area contributed by atoms with Crippen molar-refractivity contribution >= 4 is 18.0 Å². The molecule has 0 aliphatic carbocycles. The number of nitrogens with one attached hydrogen (secondary N) is 1. The van der Waals surface area contributed by atoms with E-state index < -0.39 is 0 Å². The molecular weight excluding hydrogens is 775 g/mol. The van der Waals surface area contributed by atoms with Crippen LogP contribution in [0.1, 0.15) is 246 Å². The topological polar surface area (TPSA) is 97.4 Å². The fourth-order valence-corrected chi connectivity index (χ4v) is 8.26. The number of ether oxygens (including phenoxy) is 3. The van der Waals surface area contributed by atoms with Gasteiger partial charge in [0.2, 0.25) is 0 Å². The maximum Gasteiger partial charge on any atom is 0.407 e. The minimum absolute atomic E-state index is 0.00420. The second-order valence-electron chi connectivity index (χ2n) is 19.0. The summed E-state index contributed by atoms with van der Waals surface area (Å²) in [5.41, 5.74) is 0. The van der Waals surface area contributed by atoms with Crippen LogP contribution in [0, 0.1) is 11.8 Å². The fourth-order valence-electron chi connectivity index (χ4n) is 8.26. The van der Waals surface area contributed by atoms with Crippen LogP contribution in [-0.2, 0) is 23.8 Å². The van der Waals surface area contributed by atoms with Crippen LogP contribution in [0.15, 0.2) is 0 Å². The lowest BCUT2D eigenvalue weighted by molar-refractivity contribution is -0.150. The molecule has 1 amide bonds. The number of esters is 2. The van der Waals surface area contributed by atoms with Gasteiger partial charge in [0.1, 0.15) is 6.10 Å². The van der Waals surface area contributed by atoms with Crippen molar-refractivity contribution in [1.29, 1.82) is 0 Å². The molecule has 9 nitrogen and oxygen atoms in total. The summed E-state index contributed by atoms with van der Waals surface area (Å²) in [5, 5.41) is 2.96. The average molecular weight is 880 g/mol. The first kappa shape index (κ1) is 60.1. The molecule has 0 aromatic heterocycles. The van der Waals surface area contributed by atoms with Crippen LogP contribution in [0.4, 0.5) is 4.79 Å². The number of unbranched alkanes of at least 4 members (excludes halogenated alkanes) is 22. The van der Waals surface area contributed by atoms with Gasteiger partial charge in [-0.25, -0.2) is 4.79 Å². The number of hydrogen-bond acceptors (Lipinski definition) is 8. The molecule has 0 rings (SSSR count). The Morgan fingerprint density at radius 1 is 0.419 bits per heavy atom. The minimum Gasteiger partial charge on any atom is -0.465 e. The van der Waals surface area contributed by atoms with Gasteiger partial charge in [-0.05, 0) is 85.4 Å². The molecule has 0 unspecified atom stereocenters. The van der Waals surface area contributed by atoms with E-state index in [0.29, 0.717) is 32.6 Å². The number of alkyl carbamates (subject to hydrolysis) is 1. The monoisotopic (exact) mass is 880 g/mol. The summed E-state index contributed by atoms with van der Waals surface area (Å²) >= 11 is 0. The molecule has 0 saturated heterocycles. The molecule has 0 bridgehead atoms. The fraction of sp³-hybridized carbons (Fsp3) is 0.943. The molecule has 0 fully saturated rings. The summed E-state index contributed by atoms with van der Waals surface area (Å²) in [5.74, 6) is -0.0368. The lowest BCUT2D eigenvalue weighted by atomic mass is 9.94. The van der Waals surface area contributed by atoms with E-state index in [1.165, 1.54) is 128 Å². The van der Waals surface area contributed by atoms with Crippen molar-refractivity contribution in [3.05, 3.63) is 0 Å². The Balaban J connectivity index is 5.13. The van der Waals surface area contributed by atoms with Crippen LogP contribution in [0.2, 0.25) is 0 Å². The molecule has 0 atom stereocenters. The predicted molar refractivity (Wildman–Crippen MR) is 263 cm³/mol. The van der Waals surface area contributed by atoms with E-state index >= 15 is 0 Å². The molecule has 368 valence electrons. The SMILES string of the molecule is CCCCCCCCC(CCCCCCCC)C(=O)OCCCCC(CCCCOC(=O)C(CCCCCCCC)CCCCCCCC)OC(=O)NCCN(C)CCN(C)C. The third kappa shape index (κ3) is 39.7. The van der Waals surface area contributed by atoms with E-state index in [2.05, 4.69) is 64.0 Å². The number of nitrogens with zero attached hydrogens (tertiary/aromatic N) is 2. The van der Waals surface area contributed by atoms with Gasteiger partial charge in [-0.3, -0.25) is 9.59 Å². The first-order valence-corrected chi connectivity index (χ1v) is 26.8. The van der Waals surface area contributed by atoms with Crippen molar-refractivity contribution in [3.63, 3.8) is 0 Å². The van der Waals surface area contributed by atoms with E-state index in [9.17, 15) is 14.4 Å². The zero-order valence-corrected chi connectivity index (χ0v) is 42.4. The Kier molecular flexibility index (Phi) is 44.3. The predicted octanol–water partition coefficient (Wildman–Crippen LogP) is 14.2. The van der Waals surface area contributed by atoms with Crippen molar-refractivity contribution in [2.24, 2.45) is 11.8 Å². The first-order valence-electron chi connectivity index (χ1n) is 26.8. The van der Waals surface area contributed by atoms with Gasteiger partial charge in [-0.2, -0.15) is 0 Å². The number of carbonyl (C=O) groups is 3. The van der Waals surface area contributed by atoms with E-state index in [1.807, 2.05) is 0 Å². The van der Waals surface area contributed by atoms with Crippen LogP contribution < -0.4 is 5.32 Å². The molecular formula is C53H105N3O6. The van der Waals surface area contributed by atoms with Crippen molar-refractivity contribution in [2.45, 2.75) is 252 Å². The summed E-state index contributed by atoms with van der Waals surface area (Å²) in [6.45, 7) is 13.0. The van der Waals surface area contributed by atoms with Crippen LogP contribution in [0.5, 0.6) is 0 Å². The molecule has 0 aromatic carbocycles. The number of hydrogen-bond donors (Lipinski definition) is 1. The van der Waals surface area contributed by atoms with Gasteiger partial charge < -0.3 is 29.3 Å². The molecule has 0 saturated carbocycles. The van der Waals surface area contributed by atoms with Crippen LogP contribution in [-0.4, -0.2) is 94.5 Å². The van der Waals surface area contributed by atoms with Crippen LogP contribution >= 0.6 is 0 Å². The lowest BCUT2D eigenvalue weighted by Crippen LogP contribution is -2.37. The molecule has 0 heterocycles. The van der Waals surface area contributed by atoms with Gasteiger partial charge in [0.15, 0.2) is 0 Å². The van der Waals surface area contributed by atoms with Crippen molar-refractivity contribution in [3.8, 4) is 0 Å². The van der Waals surface area contributed by atoms with Gasteiger partial charge in [-0.1, -0.05) is 182 Å². The van der Waals surface area contributed by atoms with Gasteiger partial charge in [0.05, 0.1) is 25.0 Å². The lowest BCUT2D eigenvalue weighted by Gasteiger charge is -2.21. The first-order chi connectivity index (χ1) is 30.2. The smallest absolute Gasteiger partial charge is 0.407 e. The third-order valence-electron chi connectivity index (χ3n) is 12.6. The Morgan fingerprint density at radius 2 is 0.758 bits per heavy atom. The summed E-state index contributed by atoms with van der Waals surface area (Å²) in [6.07, 6.45) is 37.2. The maximum atomic E-state index is 13.3. The van der Waals surface area contributed by atoms with Gasteiger partial charge in [0.25, 0.3) is 0 Å². The van der Waals surface area contributed by atoms with Crippen molar-refractivity contribution in [1.82, 2.24) is 15.1 Å². The molecule has 62 heavy (non-hydrogen) atoms. The molecule has 0 aromatic rings. The highest BCUT2D eigenvalue weighted by atomic mass is 16.6. The van der Waals surface area contributed by atoms with Crippen LogP contribution in [0.25, 0.3) is 0 Å². The number of likely N-dealkylation sites (N-methyl/N-ethyl adjacent to an activating group) is 2. The van der Waals surface area contributed by atoms with Crippen molar-refractivity contribution < 1.29 is 28.6 Å². The summed E-state index contributed by atoms with van der Waals surface area (Å²) < 4.78 is 17.8. The molecule has 1 N–H and O–H groups in total. The van der Waals surface area contributed by atoms with E-state index in [-0.39, 0.29) is 36.0 Å². The maximum absolute atomic E-state index is 13.3. The molecule has 0 aliphatic heterocycles. The van der Waals surface area contributed by atoms with Gasteiger partial charge in [0, 0.05) is 26.2 Å². The van der Waals surface area contributed by atoms with Gasteiger partial charge in [-0.15, -0.1) is 0 Å². The third-order valence-corrected chi connectivity index (χ3v) is 12.6. The average Bonchev–Trinajstić information content (AvgIpc) is 3.25. The van der Waals surface area contributed by atoms with Gasteiger partial charge >= 0.3 is 18.0 Å².